The first-order valence-electron chi connectivity index (χ1n) is 23.8. The lowest BCUT2D eigenvalue weighted by molar-refractivity contribution is 1.18. The molecule has 0 atom stereocenters. The van der Waals surface area contributed by atoms with Crippen LogP contribution in [0.3, 0.4) is 0 Å². The number of para-hydroxylation sites is 5. The predicted molar refractivity (Wildman–Crippen MR) is 298 cm³/mol. The quantitative estimate of drug-likeness (QED) is 0.121. The van der Waals surface area contributed by atoms with E-state index in [1.165, 1.54) is 16.2 Å². The summed E-state index contributed by atoms with van der Waals surface area (Å²) in [6.07, 6.45) is 0. The van der Waals surface area contributed by atoms with Crippen LogP contribution in [-0.4, -0.2) is 0 Å². The van der Waals surface area contributed by atoms with Gasteiger partial charge in [0.15, 0.2) is 0 Å². The van der Waals surface area contributed by atoms with Crippen molar-refractivity contribution < 1.29 is 0 Å². The van der Waals surface area contributed by atoms with E-state index in [0.717, 1.165) is 84.4 Å². The zero-order valence-corrected chi connectivity index (χ0v) is 38.5. The monoisotopic (exact) mass is 896 g/mol. The molecule has 0 N–H and O–H groups in total. The van der Waals surface area contributed by atoms with Gasteiger partial charge in [0.2, 0.25) is 0 Å². The maximum absolute atomic E-state index is 2.47. The molecule has 0 saturated carbocycles. The van der Waals surface area contributed by atoms with Crippen LogP contribution in [0.2, 0.25) is 0 Å². The summed E-state index contributed by atoms with van der Waals surface area (Å²) in [5.41, 5.74) is 12.1. The first kappa shape index (κ1) is 42.0. The second-order valence-corrected chi connectivity index (χ2v) is 17.4. The Labute approximate surface area is 409 Å². The molecule has 12 aromatic rings. The summed E-state index contributed by atoms with van der Waals surface area (Å²) < 4.78 is 0. The average molecular weight is 897 g/mol. The molecule has 0 aliphatic heterocycles. The van der Waals surface area contributed by atoms with Crippen LogP contribution in [0.25, 0.3) is 32.3 Å². The summed E-state index contributed by atoms with van der Waals surface area (Å²) in [6.45, 7) is 0. The SMILES string of the molecule is c1ccc(N(c2ccccc2)c2ccc(N(c3ccccc3)c3ccc4ccccc4c3)c(N(c3ccccc3)c3ccc4ccccc4c3)c2N(c2ccccc2)c2ccc3ccccc3c2)cc1. The number of nitrogens with zero attached hydrogens (tertiary/aromatic N) is 4. The number of hydrogen-bond donors (Lipinski definition) is 0. The Morgan fingerprint density at radius 3 is 0.686 bits per heavy atom. The molecule has 0 aliphatic rings. The molecule has 0 heterocycles. The third kappa shape index (κ3) is 8.04. The average Bonchev–Trinajstić information content (AvgIpc) is 3.43. The van der Waals surface area contributed by atoms with Crippen LogP contribution in [0.4, 0.5) is 68.2 Å². The van der Waals surface area contributed by atoms with Gasteiger partial charge in [-0.15, -0.1) is 0 Å². The smallest absolute Gasteiger partial charge is 0.0968 e. The minimum Gasteiger partial charge on any atom is -0.308 e. The second kappa shape index (κ2) is 18.7. The van der Waals surface area contributed by atoms with Crippen molar-refractivity contribution in [3.05, 3.63) is 291 Å². The van der Waals surface area contributed by atoms with E-state index < -0.39 is 0 Å². The molecule has 4 nitrogen and oxygen atoms in total. The molecule has 4 heteroatoms. The molecule has 0 fully saturated rings. The van der Waals surface area contributed by atoms with Gasteiger partial charge in [-0.3, -0.25) is 0 Å². The van der Waals surface area contributed by atoms with Gasteiger partial charge in [0.25, 0.3) is 0 Å². The molecule has 12 rings (SSSR count). The van der Waals surface area contributed by atoms with E-state index >= 15 is 0 Å². The van der Waals surface area contributed by atoms with Gasteiger partial charge in [-0.2, -0.15) is 0 Å². The van der Waals surface area contributed by atoms with E-state index in [1.807, 2.05) is 0 Å². The normalized spacial score (nSPS) is 11.1. The highest BCUT2D eigenvalue weighted by molar-refractivity contribution is 6.09. The maximum atomic E-state index is 2.47. The van der Waals surface area contributed by atoms with Crippen molar-refractivity contribution in [2.75, 3.05) is 19.6 Å². The van der Waals surface area contributed by atoms with E-state index in [1.54, 1.807) is 0 Å². The van der Waals surface area contributed by atoms with Crippen molar-refractivity contribution in [1.82, 2.24) is 0 Å². The zero-order chi connectivity index (χ0) is 46.6. The van der Waals surface area contributed by atoms with Gasteiger partial charge in [-0.05, 0) is 142 Å². The van der Waals surface area contributed by atoms with Crippen LogP contribution in [0.15, 0.2) is 291 Å². The maximum Gasteiger partial charge on any atom is 0.0968 e. The lowest BCUT2D eigenvalue weighted by Crippen LogP contribution is -2.23. The summed E-state index contributed by atoms with van der Waals surface area (Å²) in [6, 6.07) is 105. The Morgan fingerprint density at radius 2 is 0.386 bits per heavy atom. The number of benzene rings is 12. The summed E-state index contributed by atoms with van der Waals surface area (Å²) in [7, 11) is 0. The number of fused-ring (bicyclic) bond motifs is 3. The van der Waals surface area contributed by atoms with Gasteiger partial charge in [0.05, 0.1) is 22.7 Å². The Bertz CT molecular complexity index is 3690. The zero-order valence-electron chi connectivity index (χ0n) is 38.5. The number of rotatable bonds is 12. The molecule has 0 aromatic heterocycles. The van der Waals surface area contributed by atoms with Crippen LogP contribution >= 0.6 is 0 Å². The fraction of sp³-hybridized carbons (Fsp3) is 0. The second-order valence-electron chi connectivity index (χ2n) is 17.4. The molecular weight excluding hydrogens is 849 g/mol. The van der Waals surface area contributed by atoms with Crippen LogP contribution < -0.4 is 19.6 Å². The van der Waals surface area contributed by atoms with Crippen molar-refractivity contribution in [2.45, 2.75) is 0 Å². The summed E-state index contributed by atoms with van der Waals surface area (Å²) in [5, 5.41) is 7.01. The van der Waals surface area contributed by atoms with Crippen LogP contribution in [-0.2, 0) is 0 Å². The third-order valence-corrected chi connectivity index (χ3v) is 13.1. The van der Waals surface area contributed by atoms with Gasteiger partial charge in [0.1, 0.15) is 0 Å². The molecule has 0 amide bonds. The van der Waals surface area contributed by atoms with Crippen LogP contribution in [0.1, 0.15) is 0 Å². The first-order valence-corrected chi connectivity index (χ1v) is 23.8. The lowest BCUT2D eigenvalue weighted by atomic mass is 10.0. The summed E-state index contributed by atoms with van der Waals surface area (Å²) in [4.78, 5) is 9.79. The van der Waals surface area contributed by atoms with Crippen molar-refractivity contribution >= 4 is 101 Å². The summed E-state index contributed by atoms with van der Waals surface area (Å²) >= 11 is 0. The van der Waals surface area contributed by atoms with E-state index in [9.17, 15) is 0 Å². The van der Waals surface area contributed by atoms with E-state index in [-0.39, 0.29) is 0 Å². The van der Waals surface area contributed by atoms with Gasteiger partial charge in [-0.1, -0.05) is 182 Å². The Kier molecular flexibility index (Phi) is 11.2. The standard InChI is InChI=1S/C66H48N4/c1-6-28-55(29-7-1)67(56-30-8-2-9-31-56)63-44-45-64(68(57-32-10-3-11-33-57)60-41-38-49-22-16-19-25-52(49)46-60)66(70(59-36-14-5-15-37-59)62-43-40-51-24-18-21-27-54(51)48-62)65(63)69(58-34-12-4-13-35-58)61-42-39-50-23-17-20-26-53(50)47-61/h1-48H. The molecule has 0 saturated heterocycles. The van der Waals surface area contributed by atoms with Gasteiger partial charge >= 0.3 is 0 Å². The van der Waals surface area contributed by atoms with E-state index in [0.29, 0.717) is 0 Å². The Morgan fingerprint density at radius 1 is 0.157 bits per heavy atom. The minimum atomic E-state index is 0.977. The van der Waals surface area contributed by atoms with Gasteiger partial charge in [-0.25, -0.2) is 0 Å². The minimum absolute atomic E-state index is 0.977. The van der Waals surface area contributed by atoms with Gasteiger partial charge in [0, 0.05) is 45.5 Å². The van der Waals surface area contributed by atoms with Crippen LogP contribution in [0, 0.1) is 0 Å². The van der Waals surface area contributed by atoms with Crippen molar-refractivity contribution in [3.8, 4) is 0 Å². The predicted octanol–water partition coefficient (Wildman–Crippen LogP) is 19.0. The molecule has 0 aliphatic carbocycles. The topological polar surface area (TPSA) is 13.0 Å². The molecule has 332 valence electrons. The third-order valence-electron chi connectivity index (χ3n) is 13.1. The fourth-order valence-corrected chi connectivity index (χ4v) is 9.86. The van der Waals surface area contributed by atoms with E-state index in [2.05, 4.69) is 311 Å². The van der Waals surface area contributed by atoms with Crippen molar-refractivity contribution in [3.63, 3.8) is 0 Å². The van der Waals surface area contributed by atoms with Crippen molar-refractivity contribution in [1.29, 1.82) is 0 Å². The largest absolute Gasteiger partial charge is 0.308 e. The molecule has 0 bridgehead atoms. The molecule has 0 unspecified atom stereocenters. The molecule has 0 spiro atoms. The van der Waals surface area contributed by atoms with E-state index in [4.69, 9.17) is 0 Å². The van der Waals surface area contributed by atoms with Crippen molar-refractivity contribution in [2.24, 2.45) is 0 Å². The number of hydrogen-bond acceptors (Lipinski definition) is 4. The highest BCUT2D eigenvalue weighted by Gasteiger charge is 2.33. The Hall–Kier alpha value is -9.38. The highest BCUT2D eigenvalue weighted by atomic mass is 15.3. The number of anilines is 12. The van der Waals surface area contributed by atoms with Crippen LogP contribution in [0.5, 0.6) is 0 Å². The molecule has 70 heavy (non-hydrogen) atoms. The first-order chi connectivity index (χ1) is 34.7. The lowest BCUT2D eigenvalue weighted by Gasteiger charge is -2.40. The highest BCUT2D eigenvalue weighted by Crippen LogP contribution is 2.58. The van der Waals surface area contributed by atoms with Gasteiger partial charge < -0.3 is 19.6 Å². The Balaban J connectivity index is 1.29. The summed E-state index contributed by atoms with van der Waals surface area (Å²) in [5.74, 6) is 0. The molecule has 0 radical (unpaired) electrons. The molecule has 12 aromatic carbocycles. The molecular formula is C66H48N4. The fourth-order valence-electron chi connectivity index (χ4n) is 9.86.